The van der Waals surface area contributed by atoms with E-state index in [9.17, 15) is 18.7 Å². The summed E-state index contributed by atoms with van der Waals surface area (Å²) in [5.74, 6) is -1.73. The summed E-state index contributed by atoms with van der Waals surface area (Å²) >= 11 is 1.65. The minimum atomic E-state index is -1.00. The second-order valence-corrected chi connectivity index (χ2v) is 10.5. The molecule has 38 heavy (non-hydrogen) atoms. The standard InChI is InChI=1S/C29H33F2N3O3S/c1-19(35)33-27(14-20-12-24(30)16-25(31)13-20)28(36)17-32-29(9-6-26(7-10-29)34-37-2)23-5-3-4-21(15-23)22-8-11-38-18-22/h3-5,8,11-13,15-16,18,27-28,32,36H,6-7,9-10,14,17H2,1-2H3,(H,33,35). The molecule has 1 heterocycles. The fraction of sp³-hybridized carbons (Fsp3) is 0.379. The highest BCUT2D eigenvalue weighted by molar-refractivity contribution is 7.08. The molecule has 3 aromatic rings. The number of aliphatic hydroxyl groups excluding tert-OH is 1. The minimum absolute atomic E-state index is 0.0857. The molecule has 202 valence electrons. The van der Waals surface area contributed by atoms with Crippen molar-refractivity contribution in [2.45, 2.75) is 56.7 Å². The van der Waals surface area contributed by atoms with Gasteiger partial charge in [-0.15, -0.1) is 0 Å². The smallest absolute Gasteiger partial charge is 0.217 e. The van der Waals surface area contributed by atoms with E-state index in [4.69, 9.17) is 4.84 Å². The maximum Gasteiger partial charge on any atom is 0.217 e. The van der Waals surface area contributed by atoms with Crippen LogP contribution < -0.4 is 10.6 Å². The van der Waals surface area contributed by atoms with E-state index in [1.165, 1.54) is 19.1 Å². The lowest BCUT2D eigenvalue weighted by Crippen LogP contribution is -2.53. The van der Waals surface area contributed by atoms with Crippen LogP contribution in [0, 0.1) is 11.6 Å². The van der Waals surface area contributed by atoms with Crippen molar-refractivity contribution in [3.8, 4) is 11.1 Å². The molecule has 0 bridgehead atoms. The number of nitrogens with one attached hydrogen (secondary N) is 2. The highest BCUT2D eigenvalue weighted by Crippen LogP contribution is 2.38. The fourth-order valence-corrected chi connectivity index (χ4v) is 5.81. The number of rotatable bonds is 10. The molecule has 0 radical (unpaired) electrons. The van der Waals surface area contributed by atoms with Gasteiger partial charge in [-0.3, -0.25) is 4.79 Å². The Hall–Kier alpha value is -3.14. The van der Waals surface area contributed by atoms with Crippen molar-refractivity contribution < 1.29 is 23.5 Å². The van der Waals surface area contributed by atoms with E-state index in [-0.39, 0.29) is 18.9 Å². The van der Waals surface area contributed by atoms with Crippen LogP contribution in [0.25, 0.3) is 11.1 Å². The van der Waals surface area contributed by atoms with E-state index in [1.807, 2.05) is 11.4 Å². The molecule has 0 spiro atoms. The lowest BCUT2D eigenvalue weighted by Gasteiger charge is -2.40. The summed E-state index contributed by atoms with van der Waals surface area (Å²) < 4.78 is 27.5. The maximum atomic E-state index is 13.8. The molecule has 3 N–H and O–H groups in total. The van der Waals surface area contributed by atoms with Gasteiger partial charge in [0.1, 0.15) is 18.7 Å². The predicted molar refractivity (Wildman–Crippen MR) is 146 cm³/mol. The van der Waals surface area contributed by atoms with Gasteiger partial charge in [0.2, 0.25) is 5.91 Å². The van der Waals surface area contributed by atoms with Crippen LogP contribution in [0.2, 0.25) is 0 Å². The van der Waals surface area contributed by atoms with Crippen molar-refractivity contribution in [2.75, 3.05) is 13.7 Å². The van der Waals surface area contributed by atoms with Crippen molar-refractivity contribution in [3.05, 3.63) is 82.1 Å². The van der Waals surface area contributed by atoms with Crippen LogP contribution in [-0.4, -0.2) is 42.5 Å². The number of oxime groups is 1. The third kappa shape index (κ3) is 7.03. The summed E-state index contributed by atoms with van der Waals surface area (Å²) in [5.41, 5.74) is 4.28. The number of hydrogen-bond donors (Lipinski definition) is 3. The van der Waals surface area contributed by atoms with E-state index < -0.39 is 29.3 Å². The molecule has 2 aromatic carbocycles. The largest absolute Gasteiger partial charge is 0.399 e. The van der Waals surface area contributed by atoms with Crippen LogP contribution in [0.4, 0.5) is 8.78 Å². The number of benzene rings is 2. The molecule has 1 fully saturated rings. The van der Waals surface area contributed by atoms with Crippen LogP contribution in [0.3, 0.4) is 0 Å². The Morgan fingerprint density at radius 3 is 2.50 bits per heavy atom. The van der Waals surface area contributed by atoms with Crippen molar-refractivity contribution in [1.29, 1.82) is 0 Å². The molecular formula is C29H33F2N3O3S. The third-order valence-corrected chi connectivity index (χ3v) is 7.73. The summed E-state index contributed by atoms with van der Waals surface area (Å²) in [5, 5.41) is 25.9. The Labute approximate surface area is 225 Å². The Morgan fingerprint density at radius 1 is 1.13 bits per heavy atom. The first-order valence-corrected chi connectivity index (χ1v) is 13.6. The molecule has 1 aromatic heterocycles. The van der Waals surface area contributed by atoms with Crippen molar-refractivity contribution >= 4 is 23.0 Å². The molecule has 1 aliphatic rings. The molecule has 2 atom stereocenters. The van der Waals surface area contributed by atoms with Gasteiger partial charge in [0.15, 0.2) is 0 Å². The van der Waals surface area contributed by atoms with Gasteiger partial charge in [0.05, 0.1) is 17.9 Å². The second kappa shape index (κ2) is 12.6. The van der Waals surface area contributed by atoms with Crippen LogP contribution >= 0.6 is 11.3 Å². The zero-order valence-electron chi connectivity index (χ0n) is 21.5. The molecule has 2 unspecified atom stereocenters. The Bertz CT molecular complexity index is 1240. The Balaban J connectivity index is 1.57. The number of nitrogens with zero attached hydrogens (tertiary/aromatic N) is 1. The topological polar surface area (TPSA) is 82.9 Å². The van der Waals surface area contributed by atoms with Gasteiger partial charge in [-0.25, -0.2) is 8.78 Å². The quantitative estimate of drug-likeness (QED) is 0.310. The van der Waals surface area contributed by atoms with Crippen molar-refractivity contribution in [3.63, 3.8) is 0 Å². The normalized spacial score (nSPS) is 19.0. The molecule has 9 heteroatoms. The minimum Gasteiger partial charge on any atom is -0.399 e. The second-order valence-electron chi connectivity index (χ2n) is 9.75. The van der Waals surface area contributed by atoms with Crippen molar-refractivity contribution in [2.24, 2.45) is 5.16 Å². The number of carbonyl (C=O) groups is 1. The summed E-state index contributed by atoms with van der Waals surface area (Å²) in [4.78, 5) is 16.9. The zero-order chi connectivity index (χ0) is 27.1. The SMILES string of the molecule is CON=C1CCC(NCC(O)C(Cc2cc(F)cc(F)c2)NC(C)=O)(c2cccc(-c3ccsc3)c2)CC1. The molecule has 1 saturated carbocycles. The molecule has 1 amide bonds. The zero-order valence-corrected chi connectivity index (χ0v) is 22.4. The van der Waals surface area contributed by atoms with Gasteiger partial charge in [-0.05, 0) is 89.4 Å². The maximum absolute atomic E-state index is 13.8. The van der Waals surface area contributed by atoms with Gasteiger partial charge in [-0.1, -0.05) is 23.4 Å². The highest BCUT2D eigenvalue weighted by atomic mass is 32.1. The summed E-state index contributed by atoms with van der Waals surface area (Å²) in [6.45, 7) is 1.52. The monoisotopic (exact) mass is 541 g/mol. The number of hydrogen-bond acceptors (Lipinski definition) is 6. The number of halogens is 2. The first-order valence-electron chi connectivity index (χ1n) is 12.7. The summed E-state index contributed by atoms with van der Waals surface area (Å²) in [6.07, 6.45) is 2.04. The van der Waals surface area contributed by atoms with Crippen LogP contribution in [0.15, 0.2) is 64.4 Å². The van der Waals surface area contributed by atoms with E-state index in [0.29, 0.717) is 5.56 Å². The molecule has 0 aliphatic heterocycles. The number of thiophene rings is 1. The predicted octanol–water partition coefficient (Wildman–Crippen LogP) is 5.16. The molecule has 0 saturated heterocycles. The van der Waals surface area contributed by atoms with E-state index >= 15 is 0 Å². The Kier molecular flexibility index (Phi) is 9.25. The van der Waals surface area contributed by atoms with E-state index in [2.05, 4.69) is 45.4 Å². The number of amides is 1. The first kappa shape index (κ1) is 27.9. The lowest BCUT2D eigenvalue weighted by atomic mass is 9.75. The Morgan fingerprint density at radius 2 is 1.87 bits per heavy atom. The molecule has 6 nitrogen and oxygen atoms in total. The van der Waals surface area contributed by atoms with Gasteiger partial charge < -0.3 is 20.6 Å². The van der Waals surface area contributed by atoms with Gasteiger partial charge >= 0.3 is 0 Å². The lowest BCUT2D eigenvalue weighted by molar-refractivity contribution is -0.120. The summed E-state index contributed by atoms with van der Waals surface area (Å²) in [6, 6.07) is 13.0. The number of carbonyl (C=O) groups excluding carboxylic acids is 1. The highest BCUT2D eigenvalue weighted by Gasteiger charge is 2.37. The van der Waals surface area contributed by atoms with Crippen LogP contribution in [-0.2, 0) is 21.6 Å². The van der Waals surface area contributed by atoms with Gasteiger partial charge in [-0.2, -0.15) is 11.3 Å². The van der Waals surface area contributed by atoms with Crippen molar-refractivity contribution in [1.82, 2.24) is 10.6 Å². The molecule has 4 rings (SSSR count). The van der Waals surface area contributed by atoms with E-state index in [1.54, 1.807) is 18.4 Å². The van der Waals surface area contributed by atoms with Gasteiger partial charge in [0.25, 0.3) is 0 Å². The molecular weight excluding hydrogens is 508 g/mol. The first-order chi connectivity index (χ1) is 18.3. The van der Waals surface area contributed by atoms with Crippen LogP contribution in [0.5, 0.6) is 0 Å². The fourth-order valence-electron chi connectivity index (χ4n) is 5.15. The number of aliphatic hydroxyl groups is 1. The third-order valence-electron chi connectivity index (χ3n) is 7.05. The average molecular weight is 542 g/mol. The van der Waals surface area contributed by atoms with Crippen LogP contribution in [0.1, 0.15) is 43.7 Å². The summed E-state index contributed by atoms with van der Waals surface area (Å²) in [7, 11) is 1.54. The molecule has 1 aliphatic carbocycles. The average Bonchev–Trinajstić information content (AvgIpc) is 3.43. The van der Waals surface area contributed by atoms with Gasteiger partial charge in [0, 0.05) is 25.1 Å². The van der Waals surface area contributed by atoms with E-state index in [0.717, 1.165) is 54.2 Å².